The third kappa shape index (κ3) is 7.28. The maximum Gasteiger partial charge on any atom is 0.137 e. The highest BCUT2D eigenvalue weighted by Crippen LogP contribution is 2.52. The van der Waals surface area contributed by atoms with Crippen molar-refractivity contribution in [2.24, 2.45) is 0 Å². The molecule has 98 heavy (non-hydrogen) atoms. The third-order valence-electron chi connectivity index (χ3n) is 21.4. The van der Waals surface area contributed by atoms with Crippen LogP contribution in [0, 0.1) is 0 Å². The molecule has 0 bridgehead atoms. The fourth-order valence-corrected chi connectivity index (χ4v) is 20.9. The Labute approximate surface area is 571 Å². The van der Waals surface area contributed by atoms with Crippen LogP contribution in [0.25, 0.3) is 219 Å². The minimum Gasteiger partial charge on any atom is -0.309 e. The van der Waals surface area contributed by atoms with E-state index in [1.807, 2.05) is 46.3 Å². The van der Waals surface area contributed by atoms with Gasteiger partial charge in [-0.25, -0.2) is 4.98 Å². The maximum absolute atomic E-state index is 5.09. The summed E-state index contributed by atoms with van der Waals surface area (Å²) in [5, 5.41) is 27.7. The van der Waals surface area contributed by atoms with E-state index < -0.39 is 0 Å². The standard InChI is InChI=1S/C91H50N4S3/c1-2-19-55-46-78-71(45-54(55)18-1)72-50-82-73(65-28-15-27-61(89(65)97-82)58-36-39-67-77(47-58)95(83-32-11-12-43-92-83)88-85(67)63-24-7-8-25-64(63)86-68-26-9-10-31-80(68)96-91(86)88)49-79(72)93(78)75-30-14-21-53-33-34-56(44-70(53)75)57-35-38-62-66-40-41-69-84-60-23-6-4-17-52(60)37-42-76(84)94(87(69)90(66)98-81(62)48-57)74-29-13-20-51-16-3-5-22-59(51)74/h1-50H. The van der Waals surface area contributed by atoms with Crippen molar-refractivity contribution >= 4 is 214 Å². The lowest BCUT2D eigenvalue weighted by atomic mass is 9.97. The van der Waals surface area contributed by atoms with Crippen molar-refractivity contribution in [3.63, 3.8) is 0 Å². The van der Waals surface area contributed by atoms with Gasteiger partial charge in [0.05, 0.1) is 53.9 Å². The van der Waals surface area contributed by atoms with Crippen LogP contribution in [0.15, 0.2) is 303 Å². The largest absolute Gasteiger partial charge is 0.309 e. The molecule has 7 aromatic heterocycles. The van der Waals surface area contributed by atoms with Crippen molar-refractivity contribution in [3.8, 4) is 39.4 Å². The fourth-order valence-electron chi connectivity index (χ4n) is 17.1. The Morgan fingerprint density at radius 2 is 0.806 bits per heavy atom. The SMILES string of the molecule is c1ccc(-n2c3cc(-c4cccc5c4sc4cc6c7cc8ccccc8cc7n(-c7cccc8ccc(-c9ccc%10c(c9)sc9c%10ccc%10c%11c%12ccccc%12ccc%11n(-c%11cccc%12ccccc%11%12)c%109)cc78)c6cc45)ccc3c3c4ccccc4c4c5ccccc5sc4c32)nc1. The zero-order valence-electron chi connectivity index (χ0n) is 52.4. The number of pyridine rings is 1. The molecule has 452 valence electrons. The van der Waals surface area contributed by atoms with Crippen LogP contribution in [0.5, 0.6) is 0 Å². The Morgan fingerprint density at radius 1 is 0.235 bits per heavy atom. The maximum atomic E-state index is 5.09. The van der Waals surface area contributed by atoms with Crippen LogP contribution in [0.1, 0.15) is 0 Å². The minimum absolute atomic E-state index is 0.913. The van der Waals surface area contributed by atoms with E-state index in [1.165, 1.54) is 202 Å². The zero-order valence-corrected chi connectivity index (χ0v) is 54.8. The molecule has 0 atom stereocenters. The molecule has 0 amide bonds. The first-order chi connectivity index (χ1) is 48.6. The Kier molecular flexibility index (Phi) is 10.8. The summed E-state index contributed by atoms with van der Waals surface area (Å²) in [7, 11) is 0. The first-order valence-electron chi connectivity index (χ1n) is 33.5. The van der Waals surface area contributed by atoms with Crippen molar-refractivity contribution in [2.45, 2.75) is 0 Å². The second-order valence-electron chi connectivity index (χ2n) is 26.4. The molecule has 7 heteroatoms. The Balaban J connectivity index is 0.709. The molecule has 0 saturated carbocycles. The number of hydrogen-bond acceptors (Lipinski definition) is 4. The van der Waals surface area contributed by atoms with Crippen LogP contribution in [-0.4, -0.2) is 18.7 Å². The van der Waals surface area contributed by atoms with Crippen molar-refractivity contribution < 1.29 is 0 Å². The number of aromatic nitrogens is 4. The molecular weight excluding hydrogens is 1250 g/mol. The van der Waals surface area contributed by atoms with Gasteiger partial charge >= 0.3 is 0 Å². The molecule has 23 rings (SSSR count). The normalized spacial score (nSPS) is 12.5. The van der Waals surface area contributed by atoms with Gasteiger partial charge in [-0.05, 0) is 144 Å². The van der Waals surface area contributed by atoms with Gasteiger partial charge < -0.3 is 9.13 Å². The summed E-state index contributed by atoms with van der Waals surface area (Å²) in [6.45, 7) is 0. The van der Waals surface area contributed by atoms with E-state index in [0.717, 1.165) is 17.0 Å². The van der Waals surface area contributed by atoms with Crippen molar-refractivity contribution in [3.05, 3.63) is 303 Å². The second kappa shape index (κ2) is 19.8. The summed E-state index contributed by atoms with van der Waals surface area (Å²) < 4.78 is 15.3. The Bertz CT molecular complexity index is 7490. The number of thiophene rings is 3. The quantitative estimate of drug-likeness (QED) is 0.169. The van der Waals surface area contributed by atoms with Crippen LogP contribution in [-0.2, 0) is 0 Å². The summed E-state index contributed by atoms with van der Waals surface area (Å²) in [5.74, 6) is 0.913. The highest BCUT2D eigenvalue weighted by atomic mass is 32.1. The molecule has 0 N–H and O–H groups in total. The van der Waals surface area contributed by atoms with E-state index in [-0.39, 0.29) is 0 Å². The van der Waals surface area contributed by atoms with Crippen molar-refractivity contribution in [1.82, 2.24) is 18.7 Å². The van der Waals surface area contributed by atoms with Crippen molar-refractivity contribution in [2.75, 3.05) is 0 Å². The van der Waals surface area contributed by atoms with Gasteiger partial charge in [0.1, 0.15) is 5.82 Å². The van der Waals surface area contributed by atoms with E-state index in [0.29, 0.717) is 0 Å². The topological polar surface area (TPSA) is 27.7 Å². The van der Waals surface area contributed by atoms with Gasteiger partial charge in [0.15, 0.2) is 0 Å². The molecular formula is C91H50N4S3. The van der Waals surface area contributed by atoms with Crippen molar-refractivity contribution in [1.29, 1.82) is 0 Å². The average Bonchev–Trinajstić information content (AvgIpc) is 1.55. The van der Waals surface area contributed by atoms with E-state index in [2.05, 4.69) is 305 Å². The molecule has 0 fully saturated rings. The highest BCUT2D eigenvalue weighted by Gasteiger charge is 2.26. The summed E-state index contributed by atoms with van der Waals surface area (Å²) in [6, 6.07) is 112. The van der Waals surface area contributed by atoms with Gasteiger partial charge in [-0.1, -0.05) is 218 Å². The summed E-state index contributed by atoms with van der Waals surface area (Å²) in [6.07, 6.45) is 1.92. The molecule has 4 nitrogen and oxygen atoms in total. The lowest BCUT2D eigenvalue weighted by molar-refractivity contribution is 1.09. The Hall–Kier alpha value is -12.0. The molecule has 23 aromatic rings. The molecule has 0 aliphatic rings. The number of fused-ring (bicyclic) bond motifs is 28. The molecule has 7 heterocycles. The van der Waals surface area contributed by atoms with Crippen LogP contribution in [0.3, 0.4) is 0 Å². The molecule has 0 aliphatic heterocycles. The first-order valence-corrected chi connectivity index (χ1v) is 35.9. The van der Waals surface area contributed by atoms with Gasteiger partial charge in [-0.3, -0.25) is 4.57 Å². The first kappa shape index (κ1) is 53.3. The number of nitrogens with zero attached hydrogens (tertiary/aromatic N) is 4. The van der Waals surface area contributed by atoms with E-state index in [9.17, 15) is 0 Å². The lowest BCUT2D eigenvalue weighted by Gasteiger charge is -2.14. The van der Waals surface area contributed by atoms with Crippen LogP contribution in [0.4, 0.5) is 0 Å². The lowest BCUT2D eigenvalue weighted by Crippen LogP contribution is -1.96. The van der Waals surface area contributed by atoms with Gasteiger partial charge in [0, 0.05) is 100 Å². The second-order valence-corrected chi connectivity index (χ2v) is 29.6. The fraction of sp³-hybridized carbons (Fsp3) is 0. The average molecular weight is 1300 g/mol. The monoisotopic (exact) mass is 1290 g/mol. The molecule has 0 aliphatic carbocycles. The summed E-state index contributed by atoms with van der Waals surface area (Å²) in [5.41, 5.74) is 14.4. The smallest absolute Gasteiger partial charge is 0.137 e. The van der Waals surface area contributed by atoms with E-state index in [1.54, 1.807) is 0 Å². The third-order valence-corrected chi connectivity index (χ3v) is 24.9. The zero-order chi connectivity index (χ0) is 63.6. The van der Waals surface area contributed by atoms with Crippen LogP contribution < -0.4 is 0 Å². The predicted octanol–water partition coefficient (Wildman–Crippen LogP) is 26.6. The highest BCUT2D eigenvalue weighted by molar-refractivity contribution is 7.27. The van der Waals surface area contributed by atoms with Gasteiger partial charge in [0.25, 0.3) is 0 Å². The number of rotatable bonds is 5. The summed E-state index contributed by atoms with van der Waals surface area (Å²) >= 11 is 5.72. The number of hydrogen-bond donors (Lipinski definition) is 0. The molecule has 16 aromatic carbocycles. The number of benzene rings is 16. The van der Waals surface area contributed by atoms with E-state index in [4.69, 9.17) is 4.98 Å². The van der Waals surface area contributed by atoms with Crippen LogP contribution >= 0.6 is 34.0 Å². The predicted molar refractivity (Wildman–Crippen MR) is 424 cm³/mol. The van der Waals surface area contributed by atoms with Crippen LogP contribution in [0.2, 0.25) is 0 Å². The molecule has 0 radical (unpaired) electrons. The molecule has 0 saturated heterocycles. The summed E-state index contributed by atoms with van der Waals surface area (Å²) in [4.78, 5) is 5.09. The molecule has 0 spiro atoms. The van der Waals surface area contributed by atoms with Gasteiger partial charge in [0.2, 0.25) is 0 Å². The van der Waals surface area contributed by atoms with Gasteiger partial charge in [-0.2, -0.15) is 0 Å². The van der Waals surface area contributed by atoms with E-state index >= 15 is 0 Å². The molecule has 0 unspecified atom stereocenters. The minimum atomic E-state index is 0.913. The van der Waals surface area contributed by atoms with Gasteiger partial charge in [-0.15, -0.1) is 34.0 Å². The Morgan fingerprint density at radius 3 is 1.65 bits per heavy atom.